The molecule has 4 rings (SSSR count). The first-order chi connectivity index (χ1) is 13.6. The lowest BCUT2D eigenvalue weighted by Crippen LogP contribution is -2.48. The normalized spacial score (nSPS) is 23.6. The van der Waals surface area contributed by atoms with Crippen molar-refractivity contribution in [2.24, 2.45) is 0 Å². The lowest BCUT2D eigenvalue weighted by atomic mass is 9.87. The number of nitrogens with zero attached hydrogens (tertiary/aromatic N) is 1. The first kappa shape index (κ1) is 19.5. The number of rotatable bonds is 6. The summed E-state index contributed by atoms with van der Waals surface area (Å²) in [5.41, 5.74) is 0.829. The van der Waals surface area contributed by atoms with E-state index >= 15 is 0 Å². The van der Waals surface area contributed by atoms with Crippen molar-refractivity contribution in [3.05, 3.63) is 23.8 Å². The Morgan fingerprint density at radius 1 is 1.11 bits per heavy atom. The van der Waals surface area contributed by atoms with E-state index in [2.05, 4.69) is 22.3 Å². The van der Waals surface area contributed by atoms with E-state index in [1.54, 1.807) is 0 Å². The molecule has 6 nitrogen and oxygen atoms in total. The Bertz CT molecular complexity index is 681. The van der Waals surface area contributed by atoms with Gasteiger partial charge in [0.05, 0.1) is 18.2 Å². The number of nitrogens with one attached hydrogen (secondary N) is 1. The van der Waals surface area contributed by atoms with Crippen LogP contribution in [0.25, 0.3) is 0 Å². The fourth-order valence-corrected chi connectivity index (χ4v) is 4.72. The number of likely N-dealkylation sites (N-methyl/N-ethyl adjacent to an activating group) is 1. The monoisotopic (exact) mass is 388 g/mol. The predicted molar refractivity (Wildman–Crippen MR) is 107 cm³/mol. The Balaban J connectivity index is 1.40. The maximum Gasteiger partial charge on any atom is 0.234 e. The second-order valence-corrected chi connectivity index (χ2v) is 8.38. The minimum atomic E-state index is -0.297. The Morgan fingerprint density at radius 3 is 2.64 bits per heavy atom. The highest BCUT2D eigenvalue weighted by atomic mass is 16.6. The number of hydrogen-bond donors (Lipinski definition) is 1. The Morgan fingerprint density at radius 2 is 1.89 bits per heavy atom. The van der Waals surface area contributed by atoms with Gasteiger partial charge in [0.15, 0.2) is 11.5 Å². The molecule has 0 bridgehead atoms. The smallest absolute Gasteiger partial charge is 0.234 e. The van der Waals surface area contributed by atoms with Gasteiger partial charge in [-0.2, -0.15) is 0 Å². The summed E-state index contributed by atoms with van der Waals surface area (Å²) in [5.74, 6) is 1.66. The molecule has 154 valence electrons. The van der Waals surface area contributed by atoms with Crippen LogP contribution in [0, 0.1) is 0 Å². The van der Waals surface area contributed by atoms with Crippen LogP contribution >= 0.6 is 0 Å². The van der Waals surface area contributed by atoms with E-state index in [0.29, 0.717) is 19.8 Å². The fourth-order valence-electron chi connectivity index (χ4n) is 4.72. The average Bonchev–Trinajstić information content (AvgIpc) is 3.17. The fraction of sp³-hybridized carbons (Fsp3) is 0.682. The van der Waals surface area contributed by atoms with Gasteiger partial charge >= 0.3 is 0 Å². The van der Waals surface area contributed by atoms with Crippen molar-refractivity contribution in [1.29, 1.82) is 0 Å². The predicted octanol–water partition coefficient (Wildman–Crippen LogP) is 2.84. The molecule has 1 unspecified atom stereocenters. The van der Waals surface area contributed by atoms with Gasteiger partial charge in [0.2, 0.25) is 5.91 Å². The zero-order valence-corrected chi connectivity index (χ0v) is 16.9. The lowest BCUT2D eigenvalue weighted by molar-refractivity contribution is -0.124. The number of ether oxygens (including phenoxy) is 3. The van der Waals surface area contributed by atoms with Gasteiger partial charge in [0, 0.05) is 13.2 Å². The van der Waals surface area contributed by atoms with E-state index in [9.17, 15) is 4.79 Å². The molecular weight excluding hydrogens is 356 g/mol. The van der Waals surface area contributed by atoms with E-state index in [-0.39, 0.29) is 17.6 Å². The summed E-state index contributed by atoms with van der Waals surface area (Å²) in [7, 11) is 2.00. The van der Waals surface area contributed by atoms with Crippen LogP contribution in [0.1, 0.15) is 50.5 Å². The lowest BCUT2D eigenvalue weighted by Gasteiger charge is -2.33. The van der Waals surface area contributed by atoms with Crippen LogP contribution in [-0.4, -0.2) is 56.9 Å². The molecule has 1 aromatic rings. The summed E-state index contributed by atoms with van der Waals surface area (Å²) in [6, 6.07) is 6.11. The zero-order valence-electron chi connectivity index (χ0n) is 16.9. The third kappa shape index (κ3) is 4.44. The van der Waals surface area contributed by atoms with Crippen LogP contribution in [0.3, 0.4) is 0 Å². The second-order valence-electron chi connectivity index (χ2n) is 8.38. The van der Waals surface area contributed by atoms with Gasteiger partial charge in [-0.25, -0.2) is 0 Å². The third-order valence-corrected chi connectivity index (χ3v) is 6.13. The van der Waals surface area contributed by atoms with Crippen LogP contribution in [0.4, 0.5) is 0 Å². The molecule has 0 aromatic heterocycles. The molecule has 0 spiro atoms. The first-order valence-corrected chi connectivity index (χ1v) is 10.7. The van der Waals surface area contributed by atoms with Gasteiger partial charge in [0.1, 0.15) is 13.2 Å². The molecule has 3 aliphatic rings. The average molecular weight is 389 g/mol. The molecule has 1 saturated heterocycles. The van der Waals surface area contributed by atoms with Crippen molar-refractivity contribution in [1.82, 2.24) is 10.2 Å². The van der Waals surface area contributed by atoms with Gasteiger partial charge < -0.3 is 19.5 Å². The molecule has 1 saturated carbocycles. The number of carbonyl (C=O) groups is 1. The summed E-state index contributed by atoms with van der Waals surface area (Å²) in [6.07, 6.45) is 7.90. The van der Waals surface area contributed by atoms with Gasteiger partial charge in [-0.1, -0.05) is 18.9 Å². The molecule has 1 aliphatic carbocycles. The standard InChI is InChI=1S/C22H32N2O4/c1-24(15-18-6-2-5-11-26-18)16-21(25)23-22(9-3-4-10-22)17-7-8-19-20(14-17)28-13-12-27-19/h7-8,14,18H,2-6,9-13,15-16H2,1H3,(H,23,25). The van der Waals surface area contributed by atoms with Crippen molar-refractivity contribution in [3.8, 4) is 11.5 Å². The minimum Gasteiger partial charge on any atom is -0.486 e. The third-order valence-electron chi connectivity index (χ3n) is 6.13. The van der Waals surface area contributed by atoms with E-state index in [4.69, 9.17) is 14.2 Å². The minimum absolute atomic E-state index is 0.0788. The van der Waals surface area contributed by atoms with Crippen LogP contribution < -0.4 is 14.8 Å². The summed E-state index contributed by atoms with van der Waals surface area (Å²) in [5, 5.41) is 3.37. The SMILES string of the molecule is CN(CC(=O)NC1(c2ccc3c(c2)OCCO3)CCCC1)CC1CCCCO1. The molecule has 1 N–H and O–H groups in total. The van der Waals surface area contributed by atoms with Crippen LogP contribution in [0.5, 0.6) is 11.5 Å². The highest BCUT2D eigenvalue weighted by molar-refractivity contribution is 5.79. The maximum absolute atomic E-state index is 12.9. The molecule has 1 aromatic carbocycles. The topological polar surface area (TPSA) is 60.0 Å². The van der Waals surface area contributed by atoms with E-state index in [0.717, 1.165) is 68.7 Å². The molecule has 2 aliphatic heterocycles. The molecule has 2 fully saturated rings. The van der Waals surface area contributed by atoms with Gasteiger partial charge in [-0.3, -0.25) is 9.69 Å². The highest BCUT2D eigenvalue weighted by Crippen LogP contribution is 2.42. The summed E-state index contributed by atoms with van der Waals surface area (Å²) in [6.45, 7) is 3.21. The Kier molecular flexibility index (Phi) is 6.07. The highest BCUT2D eigenvalue weighted by Gasteiger charge is 2.38. The van der Waals surface area contributed by atoms with Crippen molar-refractivity contribution in [2.75, 3.05) is 40.0 Å². The number of hydrogen-bond acceptors (Lipinski definition) is 5. The number of fused-ring (bicyclic) bond motifs is 1. The Hall–Kier alpha value is -1.79. The zero-order chi connectivity index (χ0) is 19.4. The van der Waals surface area contributed by atoms with Crippen molar-refractivity contribution < 1.29 is 19.0 Å². The molecular formula is C22H32N2O4. The van der Waals surface area contributed by atoms with Gasteiger partial charge in [-0.05, 0) is 56.8 Å². The maximum atomic E-state index is 12.9. The number of benzene rings is 1. The Labute approximate surface area is 167 Å². The van der Waals surface area contributed by atoms with E-state index in [1.807, 2.05) is 13.1 Å². The molecule has 0 radical (unpaired) electrons. The largest absolute Gasteiger partial charge is 0.486 e. The second kappa shape index (κ2) is 8.70. The number of amides is 1. The van der Waals surface area contributed by atoms with Crippen LogP contribution in [-0.2, 0) is 15.1 Å². The molecule has 6 heteroatoms. The van der Waals surface area contributed by atoms with Gasteiger partial charge in [0.25, 0.3) is 0 Å². The van der Waals surface area contributed by atoms with Crippen LogP contribution in [0.2, 0.25) is 0 Å². The summed E-state index contributed by atoms with van der Waals surface area (Å²) in [4.78, 5) is 14.9. The molecule has 1 amide bonds. The summed E-state index contributed by atoms with van der Waals surface area (Å²) < 4.78 is 17.2. The van der Waals surface area contributed by atoms with E-state index < -0.39 is 0 Å². The van der Waals surface area contributed by atoms with Crippen molar-refractivity contribution in [2.45, 2.75) is 56.6 Å². The first-order valence-electron chi connectivity index (χ1n) is 10.7. The molecule has 1 atom stereocenters. The number of carbonyl (C=O) groups excluding carboxylic acids is 1. The quantitative estimate of drug-likeness (QED) is 0.812. The van der Waals surface area contributed by atoms with Crippen molar-refractivity contribution >= 4 is 5.91 Å². The molecule has 28 heavy (non-hydrogen) atoms. The van der Waals surface area contributed by atoms with Crippen molar-refractivity contribution in [3.63, 3.8) is 0 Å². The summed E-state index contributed by atoms with van der Waals surface area (Å²) >= 11 is 0. The molecule has 2 heterocycles. The van der Waals surface area contributed by atoms with Gasteiger partial charge in [-0.15, -0.1) is 0 Å². The van der Waals surface area contributed by atoms with E-state index in [1.165, 1.54) is 6.42 Å². The van der Waals surface area contributed by atoms with Crippen LogP contribution in [0.15, 0.2) is 18.2 Å².